The Hall–Kier alpha value is -0.740. The molecule has 0 spiro atoms. The van der Waals surface area contributed by atoms with E-state index in [0.717, 1.165) is 29.8 Å². The average Bonchev–Trinajstić information content (AvgIpc) is 2.74. The van der Waals surface area contributed by atoms with Crippen molar-refractivity contribution < 1.29 is 0 Å². The average molecular weight is 337 g/mol. The van der Waals surface area contributed by atoms with Gasteiger partial charge in [-0.25, -0.2) is 4.98 Å². The molecule has 0 N–H and O–H groups in total. The highest BCUT2D eigenvalue weighted by molar-refractivity contribution is 9.08. The summed E-state index contributed by atoms with van der Waals surface area (Å²) in [6, 6.07) is 10.6. The highest BCUT2D eigenvalue weighted by Crippen LogP contribution is 2.27. The van der Waals surface area contributed by atoms with Crippen molar-refractivity contribution in [1.29, 1.82) is 0 Å². The van der Waals surface area contributed by atoms with E-state index < -0.39 is 0 Å². The number of anilines is 1. The zero-order chi connectivity index (χ0) is 13.1. The minimum atomic E-state index is 0.865. The number of hydrogen-bond acceptors (Lipinski definition) is 3. The van der Waals surface area contributed by atoms with Gasteiger partial charge in [-0.3, -0.25) is 0 Å². The van der Waals surface area contributed by atoms with Crippen LogP contribution in [-0.4, -0.2) is 29.6 Å². The monoisotopic (exact) mass is 336 g/mol. The zero-order valence-electron chi connectivity index (χ0n) is 10.8. The SMILES string of the molecule is BrCc1cc2ccccc2nc1N1CCCSCC1. The molecule has 1 aliphatic rings. The molecule has 100 valence electrons. The van der Waals surface area contributed by atoms with Gasteiger partial charge in [0.15, 0.2) is 0 Å². The first-order valence-corrected chi connectivity index (χ1v) is 8.93. The number of nitrogens with zero attached hydrogens (tertiary/aromatic N) is 2. The predicted molar refractivity (Wildman–Crippen MR) is 88.5 cm³/mol. The van der Waals surface area contributed by atoms with E-state index in [-0.39, 0.29) is 0 Å². The molecule has 0 amide bonds. The lowest BCUT2D eigenvalue weighted by molar-refractivity contribution is 0.800. The molecule has 1 saturated heterocycles. The van der Waals surface area contributed by atoms with Crippen LogP contribution in [0.5, 0.6) is 0 Å². The van der Waals surface area contributed by atoms with E-state index in [2.05, 4.69) is 62.9 Å². The number of thioether (sulfide) groups is 1. The van der Waals surface area contributed by atoms with Gasteiger partial charge in [-0.05, 0) is 24.3 Å². The van der Waals surface area contributed by atoms with Gasteiger partial charge in [0.05, 0.1) is 5.52 Å². The molecule has 1 aromatic heterocycles. The van der Waals surface area contributed by atoms with Gasteiger partial charge in [0.2, 0.25) is 0 Å². The van der Waals surface area contributed by atoms with Gasteiger partial charge in [0.25, 0.3) is 0 Å². The Morgan fingerprint density at radius 2 is 2.11 bits per heavy atom. The summed E-state index contributed by atoms with van der Waals surface area (Å²) in [5.74, 6) is 3.64. The first-order valence-electron chi connectivity index (χ1n) is 6.66. The van der Waals surface area contributed by atoms with E-state index >= 15 is 0 Å². The number of halogens is 1. The molecule has 0 aliphatic carbocycles. The van der Waals surface area contributed by atoms with Crippen LogP contribution in [-0.2, 0) is 5.33 Å². The van der Waals surface area contributed by atoms with E-state index in [9.17, 15) is 0 Å². The normalized spacial score (nSPS) is 16.6. The molecule has 0 atom stereocenters. The zero-order valence-corrected chi connectivity index (χ0v) is 13.2. The third-order valence-electron chi connectivity index (χ3n) is 3.45. The molecular formula is C15H17BrN2S. The highest BCUT2D eigenvalue weighted by Gasteiger charge is 2.15. The summed E-state index contributed by atoms with van der Waals surface area (Å²) in [5.41, 5.74) is 2.39. The second kappa shape index (κ2) is 6.14. The summed E-state index contributed by atoms with van der Waals surface area (Å²) in [6.45, 7) is 2.23. The fraction of sp³-hybridized carbons (Fsp3) is 0.400. The second-order valence-corrected chi connectivity index (χ2v) is 6.54. The number of para-hydroxylation sites is 1. The van der Waals surface area contributed by atoms with Crippen LogP contribution in [0.15, 0.2) is 30.3 Å². The van der Waals surface area contributed by atoms with Gasteiger partial charge in [0.1, 0.15) is 5.82 Å². The highest BCUT2D eigenvalue weighted by atomic mass is 79.9. The lowest BCUT2D eigenvalue weighted by Gasteiger charge is -2.24. The molecule has 19 heavy (non-hydrogen) atoms. The quantitative estimate of drug-likeness (QED) is 0.769. The molecule has 2 nitrogen and oxygen atoms in total. The minimum Gasteiger partial charge on any atom is -0.355 e. The first-order chi connectivity index (χ1) is 9.38. The van der Waals surface area contributed by atoms with Crippen molar-refractivity contribution in [3.05, 3.63) is 35.9 Å². The largest absolute Gasteiger partial charge is 0.355 e. The Morgan fingerprint density at radius 3 is 3.00 bits per heavy atom. The van der Waals surface area contributed by atoms with Crippen LogP contribution in [0, 0.1) is 0 Å². The number of rotatable bonds is 2. The van der Waals surface area contributed by atoms with Crippen LogP contribution in [0.4, 0.5) is 5.82 Å². The Morgan fingerprint density at radius 1 is 1.21 bits per heavy atom. The summed E-state index contributed by atoms with van der Waals surface area (Å²) in [5, 5.41) is 2.09. The number of aromatic nitrogens is 1. The maximum atomic E-state index is 4.90. The lowest BCUT2D eigenvalue weighted by atomic mass is 10.1. The predicted octanol–water partition coefficient (Wildman–Crippen LogP) is 4.07. The lowest BCUT2D eigenvalue weighted by Crippen LogP contribution is -2.27. The van der Waals surface area contributed by atoms with E-state index in [1.165, 1.54) is 28.9 Å². The molecule has 0 bridgehead atoms. The third-order valence-corrected chi connectivity index (χ3v) is 5.10. The van der Waals surface area contributed by atoms with E-state index in [0.29, 0.717) is 0 Å². The van der Waals surface area contributed by atoms with Crippen molar-refractivity contribution in [2.45, 2.75) is 11.8 Å². The van der Waals surface area contributed by atoms with Gasteiger partial charge in [-0.1, -0.05) is 34.1 Å². The summed E-state index contributed by atoms with van der Waals surface area (Å²) < 4.78 is 0. The molecule has 1 fully saturated rings. The molecule has 0 unspecified atom stereocenters. The maximum Gasteiger partial charge on any atom is 0.133 e. The minimum absolute atomic E-state index is 0.865. The van der Waals surface area contributed by atoms with Crippen molar-refractivity contribution in [2.24, 2.45) is 0 Å². The molecule has 0 radical (unpaired) electrons. The molecule has 1 aromatic carbocycles. The van der Waals surface area contributed by atoms with Crippen LogP contribution in [0.3, 0.4) is 0 Å². The second-order valence-electron chi connectivity index (χ2n) is 4.75. The maximum absolute atomic E-state index is 4.90. The summed E-state index contributed by atoms with van der Waals surface area (Å²) in [7, 11) is 0. The van der Waals surface area contributed by atoms with Crippen molar-refractivity contribution in [3.8, 4) is 0 Å². The van der Waals surface area contributed by atoms with Crippen molar-refractivity contribution in [1.82, 2.24) is 4.98 Å². The number of benzene rings is 1. The molecule has 4 heteroatoms. The fourth-order valence-electron chi connectivity index (χ4n) is 2.48. The van der Waals surface area contributed by atoms with Crippen LogP contribution in [0.1, 0.15) is 12.0 Å². The third kappa shape index (κ3) is 2.90. The van der Waals surface area contributed by atoms with Crippen LogP contribution in [0.25, 0.3) is 10.9 Å². The summed E-state index contributed by atoms with van der Waals surface area (Å²) in [4.78, 5) is 7.35. The van der Waals surface area contributed by atoms with Crippen molar-refractivity contribution in [2.75, 3.05) is 29.5 Å². The van der Waals surface area contributed by atoms with Gasteiger partial charge in [0, 0.05) is 35.1 Å². The van der Waals surface area contributed by atoms with Crippen molar-refractivity contribution in [3.63, 3.8) is 0 Å². The standard InChI is InChI=1S/C15H17BrN2S/c16-11-13-10-12-4-1-2-5-14(12)17-15(13)18-6-3-8-19-9-7-18/h1-2,4-5,10H,3,6-9,11H2. The van der Waals surface area contributed by atoms with Crippen LogP contribution >= 0.6 is 27.7 Å². The number of hydrogen-bond donors (Lipinski definition) is 0. The summed E-state index contributed by atoms with van der Waals surface area (Å²) in [6.07, 6.45) is 1.25. The molecule has 3 rings (SSSR count). The Labute approximate surface area is 126 Å². The van der Waals surface area contributed by atoms with Gasteiger partial charge in [-0.2, -0.15) is 11.8 Å². The Bertz CT molecular complexity index is 565. The number of pyridine rings is 1. The molecule has 1 aliphatic heterocycles. The molecular weight excluding hydrogens is 320 g/mol. The number of alkyl halides is 1. The Kier molecular flexibility index (Phi) is 4.28. The smallest absolute Gasteiger partial charge is 0.133 e. The van der Waals surface area contributed by atoms with E-state index in [1.807, 2.05) is 0 Å². The van der Waals surface area contributed by atoms with E-state index in [4.69, 9.17) is 4.98 Å². The fourth-order valence-corrected chi connectivity index (χ4v) is 3.78. The summed E-state index contributed by atoms with van der Waals surface area (Å²) >= 11 is 5.66. The number of fused-ring (bicyclic) bond motifs is 1. The van der Waals surface area contributed by atoms with Gasteiger partial charge in [-0.15, -0.1) is 0 Å². The van der Waals surface area contributed by atoms with Crippen molar-refractivity contribution >= 4 is 44.4 Å². The van der Waals surface area contributed by atoms with Gasteiger partial charge >= 0.3 is 0 Å². The van der Waals surface area contributed by atoms with Gasteiger partial charge < -0.3 is 4.90 Å². The topological polar surface area (TPSA) is 16.1 Å². The first kappa shape index (κ1) is 13.3. The molecule has 2 aromatic rings. The van der Waals surface area contributed by atoms with Crippen LogP contribution < -0.4 is 4.90 Å². The van der Waals surface area contributed by atoms with E-state index in [1.54, 1.807) is 0 Å². The molecule has 2 heterocycles. The Balaban J connectivity index is 2.04. The van der Waals surface area contributed by atoms with Crippen LogP contribution in [0.2, 0.25) is 0 Å². The molecule has 0 saturated carbocycles.